The van der Waals surface area contributed by atoms with E-state index in [4.69, 9.17) is 9.47 Å². The molecule has 1 aromatic heterocycles. The Morgan fingerprint density at radius 2 is 2.04 bits per heavy atom. The van der Waals surface area contributed by atoms with Gasteiger partial charge in [0.05, 0.1) is 14.2 Å². The molecule has 1 aliphatic heterocycles. The molecule has 1 amide bonds. The van der Waals surface area contributed by atoms with E-state index >= 15 is 0 Å². The van der Waals surface area contributed by atoms with Crippen molar-refractivity contribution in [3.63, 3.8) is 0 Å². The third-order valence-electron chi connectivity index (χ3n) is 3.87. The molecular formula is C16H17FN4O6S. The molecule has 2 heterocycles. The summed E-state index contributed by atoms with van der Waals surface area (Å²) in [5, 5.41) is 13.1. The van der Waals surface area contributed by atoms with Crippen molar-refractivity contribution < 1.29 is 32.2 Å². The highest BCUT2D eigenvalue weighted by molar-refractivity contribution is 7.92. The van der Waals surface area contributed by atoms with Crippen molar-refractivity contribution >= 4 is 27.6 Å². The average Bonchev–Trinajstić information content (AvgIpc) is 2.91. The number of rotatable bonds is 6. The predicted molar refractivity (Wildman–Crippen MR) is 97.1 cm³/mol. The van der Waals surface area contributed by atoms with E-state index in [2.05, 4.69) is 10.3 Å². The van der Waals surface area contributed by atoms with Crippen molar-refractivity contribution in [2.45, 2.75) is 6.54 Å². The largest absolute Gasteiger partial charge is 0.506 e. The summed E-state index contributed by atoms with van der Waals surface area (Å²) < 4.78 is 50.6. The summed E-state index contributed by atoms with van der Waals surface area (Å²) in [6.45, 7) is -0.546. The van der Waals surface area contributed by atoms with Crippen molar-refractivity contribution in [3.05, 3.63) is 35.6 Å². The molecule has 0 saturated carbocycles. The highest BCUT2D eigenvalue weighted by Gasteiger charge is 2.37. The fraction of sp³-hybridized carbons (Fsp3) is 0.250. The lowest BCUT2D eigenvalue weighted by Gasteiger charge is -2.18. The summed E-state index contributed by atoms with van der Waals surface area (Å²) in [5.41, 5.74) is -0.276. The van der Waals surface area contributed by atoms with E-state index < -0.39 is 39.9 Å². The third-order valence-corrected chi connectivity index (χ3v) is 5.24. The van der Waals surface area contributed by atoms with Crippen molar-refractivity contribution in [3.8, 4) is 17.4 Å². The highest BCUT2D eigenvalue weighted by atomic mass is 32.2. The minimum absolute atomic E-state index is 0.0675. The summed E-state index contributed by atoms with van der Waals surface area (Å²) in [6, 6.07) is 5.43. The number of nitrogens with one attached hydrogen (secondary N) is 2. The van der Waals surface area contributed by atoms with Crippen LogP contribution < -0.4 is 23.8 Å². The van der Waals surface area contributed by atoms with Gasteiger partial charge in [-0.2, -0.15) is 13.4 Å². The Morgan fingerprint density at radius 1 is 1.29 bits per heavy atom. The van der Waals surface area contributed by atoms with Gasteiger partial charge in [0.15, 0.2) is 5.82 Å². The lowest BCUT2D eigenvalue weighted by atomic mass is 10.1. The van der Waals surface area contributed by atoms with E-state index in [1.54, 1.807) is 16.9 Å². The predicted octanol–water partition coefficient (Wildman–Crippen LogP) is 0.737. The van der Waals surface area contributed by atoms with Crippen molar-refractivity contribution in [2.75, 3.05) is 30.4 Å². The van der Waals surface area contributed by atoms with Crippen LogP contribution in [0.2, 0.25) is 0 Å². The second-order valence-corrected chi connectivity index (χ2v) is 7.37. The van der Waals surface area contributed by atoms with E-state index in [9.17, 15) is 22.7 Å². The topological polar surface area (TPSA) is 130 Å². The summed E-state index contributed by atoms with van der Waals surface area (Å²) in [4.78, 5) is 15.5. The number of aromatic hydroxyl groups is 1. The second kappa shape index (κ2) is 7.38. The van der Waals surface area contributed by atoms with Crippen LogP contribution in [-0.4, -0.2) is 45.2 Å². The van der Waals surface area contributed by atoms with Gasteiger partial charge in [-0.15, -0.1) is 0 Å². The van der Waals surface area contributed by atoms with Crippen LogP contribution in [0.3, 0.4) is 0 Å². The number of carbonyl (C=O) groups excluding carboxylic acids is 1. The van der Waals surface area contributed by atoms with Gasteiger partial charge in [0.2, 0.25) is 5.88 Å². The zero-order valence-electron chi connectivity index (χ0n) is 14.9. The third kappa shape index (κ3) is 3.86. The first kappa shape index (κ1) is 19.5. The molecule has 10 nitrogen and oxygen atoms in total. The molecule has 0 spiro atoms. The number of hydrogen-bond donors (Lipinski definition) is 3. The highest BCUT2D eigenvalue weighted by Crippen LogP contribution is 2.34. The zero-order chi connectivity index (χ0) is 20.5. The van der Waals surface area contributed by atoms with E-state index in [0.29, 0.717) is 27.3 Å². The van der Waals surface area contributed by atoms with Crippen LogP contribution >= 0.6 is 0 Å². The Hall–Kier alpha value is -3.28. The van der Waals surface area contributed by atoms with Crippen molar-refractivity contribution in [2.24, 2.45) is 0 Å². The Morgan fingerprint density at radius 3 is 2.61 bits per heavy atom. The molecule has 0 bridgehead atoms. The zero-order valence-corrected chi connectivity index (χ0v) is 15.7. The number of phenolic OH excluding ortho intramolecular Hbond substituents is 1. The van der Waals surface area contributed by atoms with Crippen LogP contribution in [0.25, 0.3) is 0 Å². The van der Waals surface area contributed by atoms with E-state index in [0.717, 1.165) is 6.07 Å². The molecule has 150 valence electrons. The molecule has 28 heavy (non-hydrogen) atoms. The number of pyridine rings is 1. The summed E-state index contributed by atoms with van der Waals surface area (Å²) in [6.07, 6.45) is 0. The molecule has 12 heteroatoms. The van der Waals surface area contributed by atoms with Gasteiger partial charge in [-0.3, -0.25) is 4.79 Å². The molecule has 2 aromatic rings. The monoisotopic (exact) mass is 412 g/mol. The number of hydrogen-bond acceptors (Lipinski definition) is 8. The van der Waals surface area contributed by atoms with Gasteiger partial charge < -0.3 is 19.9 Å². The number of benzene rings is 1. The van der Waals surface area contributed by atoms with E-state index in [1.165, 1.54) is 20.3 Å². The standard InChI is InChI=1S/C16H17FN4O6S/c1-26-10-5-13(19-15(6-10)27-2)18-7-9-3-11(17)16(12(22)4-9)21-8-14(23)20-28(21,24)25/h3-6,22H,7-8H2,1-2H3,(H,18,19)(H,20,23). The molecule has 3 N–H and O–H groups in total. The Bertz CT molecular complexity index is 985. The molecule has 3 rings (SSSR count). The first-order valence-electron chi connectivity index (χ1n) is 7.92. The van der Waals surface area contributed by atoms with Gasteiger partial charge in [-0.25, -0.2) is 13.4 Å². The summed E-state index contributed by atoms with van der Waals surface area (Å²) >= 11 is 0. The quantitative estimate of drug-likeness (QED) is 0.633. The Kier molecular flexibility index (Phi) is 5.14. The minimum atomic E-state index is -4.24. The van der Waals surface area contributed by atoms with Gasteiger partial charge in [0.1, 0.15) is 29.5 Å². The fourth-order valence-corrected chi connectivity index (χ4v) is 3.79. The smallest absolute Gasteiger partial charge is 0.326 e. The number of phenols is 1. The molecule has 0 aliphatic carbocycles. The molecule has 1 aliphatic rings. The van der Waals surface area contributed by atoms with Gasteiger partial charge >= 0.3 is 10.2 Å². The molecule has 1 aromatic carbocycles. The van der Waals surface area contributed by atoms with E-state index in [1.807, 2.05) is 0 Å². The van der Waals surface area contributed by atoms with E-state index in [-0.39, 0.29) is 6.54 Å². The van der Waals surface area contributed by atoms with Crippen molar-refractivity contribution in [1.29, 1.82) is 0 Å². The van der Waals surface area contributed by atoms with Crippen LogP contribution in [0.15, 0.2) is 24.3 Å². The molecule has 1 fully saturated rings. The van der Waals surface area contributed by atoms with Crippen LogP contribution in [0.5, 0.6) is 17.4 Å². The number of methoxy groups -OCH3 is 2. The van der Waals surface area contributed by atoms with Gasteiger partial charge in [0.25, 0.3) is 5.91 Å². The molecule has 1 saturated heterocycles. The Labute approximate surface area is 160 Å². The SMILES string of the molecule is COc1cc(NCc2cc(O)c(N3CC(=O)NS3(=O)=O)c(F)c2)nc(OC)c1. The maximum Gasteiger partial charge on any atom is 0.326 e. The van der Waals surface area contributed by atoms with Crippen LogP contribution in [0, 0.1) is 5.82 Å². The molecule has 0 unspecified atom stereocenters. The lowest BCUT2D eigenvalue weighted by molar-refractivity contribution is -0.117. The van der Waals surface area contributed by atoms with Gasteiger partial charge in [-0.1, -0.05) is 0 Å². The number of halogens is 1. The fourth-order valence-electron chi connectivity index (χ4n) is 2.62. The summed E-state index contributed by atoms with van der Waals surface area (Å²) in [5.74, 6) is -1.24. The average molecular weight is 412 g/mol. The van der Waals surface area contributed by atoms with Gasteiger partial charge in [-0.05, 0) is 17.7 Å². The maximum atomic E-state index is 14.5. The maximum absolute atomic E-state index is 14.5. The number of ether oxygens (including phenoxy) is 2. The second-order valence-electron chi connectivity index (χ2n) is 5.77. The summed E-state index contributed by atoms with van der Waals surface area (Å²) in [7, 11) is -1.31. The van der Waals surface area contributed by atoms with Gasteiger partial charge in [0, 0.05) is 18.7 Å². The minimum Gasteiger partial charge on any atom is -0.506 e. The number of aromatic nitrogens is 1. The van der Waals surface area contributed by atoms with Crippen LogP contribution in [0.4, 0.5) is 15.9 Å². The number of carbonyl (C=O) groups is 1. The Balaban J connectivity index is 1.83. The van der Waals surface area contributed by atoms with Crippen molar-refractivity contribution in [1.82, 2.24) is 9.71 Å². The number of amides is 1. The molecular weight excluding hydrogens is 395 g/mol. The first-order chi connectivity index (χ1) is 13.2. The first-order valence-corrected chi connectivity index (χ1v) is 9.36. The van der Waals surface area contributed by atoms with Crippen LogP contribution in [-0.2, 0) is 21.5 Å². The van der Waals surface area contributed by atoms with Crippen LogP contribution in [0.1, 0.15) is 5.56 Å². The number of nitrogens with zero attached hydrogens (tertiary/aromatic N) is 2. The molecule has 0 radical (unpaired) electrons. The normalized spacial score (nSPS) is 15.2. The molecule has 0 atom stereocenters. The number of anilines is 2. The lowest BCUT2D eigenvalue weighted by Crippen LogP contribution is -2.30.